The summed E-state index contributed by atoms with van der Waals surface area (Å²) in [6.45, 7) is 1.51. The second-order valence-corrected chi connectivity index (χ2v) is 23.5. The third kappa shape index (κ3) is 34.4. The van der Waals surface area contributed by atoms with E-state index in [-0.39, 0.29) is 12.3 Å². The highest BCUT2D eigenvalue weighted by molar-refractivity contribution is 5.76. The molecule has 522 valence electrons. The van der Waals surface area contributed by atoms with Crippen molar-refractivity contribution in [1.82, 2.24) is 5.32 Å². The van der Waals surface area contributed by atoms with Crippen molar-refractivity contribution in [3.63, 3.8) is 0 Å². The summed E-state index contributed by atoms with van der Waals surface area (Å²) in [4.78, 5) is 13.4. The number of amides is 1. The van der Waals surface area contributed by atoms with Gasteiger partial charge in [-0.1, -0.05) is 198 Å². The number of hydrogen-bond acceptors (Lipinski definition) is 18. The first-order valence-corrected chi connectivity index (χ1v) is 34.1. The molecule has 17 unspecified atom stereocenters. The largest absolute Gasteiger partial charge is 0.394 e. The van der Waals surface area contributed by atoms with Crippen LogP contribution in [0.2, 0.25) is 0 Å². The maximum Gasteiger partial charge on any atom is 0.220 e. The molecule has 3 aliphatic heterocycles. The van der Waals surface area contributed by atoms with Crippen LogP contribution in [0.3, 0.4) is 0 Å². The highest BCUT2D eigenvalue weighted by Gasteiger charge is 2.53. The van der Waals surface area contributed by atoms with Crippen molar-refractivity contribution >= 4 is 5.91 Å². The lowest BCUT2D eigenvalue weighted by Gasteiger charge is -2.48. The van der Waals surface area contributed by atoms with Gasteiger partial charge in [0.05, 0.1) is 38.6 Å². The normalized spacial score (nSPS) is 28.6. The zero-order valence-electron chi connectivity index (χ0n) is 55.0. The first-order valence-electron chi connectivity index (χ1n) is 34.1. The number of rotatable bonds is 49. The molecule has 92 heavy (non-hydrogen) atoms. The summed E-state index contributed by atoms with van der Waals surface area (Å²) in [6.07, 6.45) is 48.3. The smallest absolute Gasteiger partial charge is 0.220 e. The van der Waals surface area contributed by atoms with Gasteiger partial charge in [-0.15, -0.1) is 0 Å². The third-order valence-corrected chi connectivity index (χ3v) is 15.8. The Kier molecular flexibility index (Phi) is 47.1. The van der Waals surface area contributed by atoms with Crippen molar-refractivity contribution in [1.29, 1.82) is 0 Å². The highest BCUT2D eigenvalue weighted by atomic mass is 16.8. The van der Waals surface area contributed by atoms with Crippen LogP contribution in [0.25, 0.3) is 0 Å². The third-order valence-electron chi connectivity index (χ3n) is 15.8. The van der Waals surface area contributed by atoms with Crippen LogP contribution in [0.15, 0.2) is 146 Å². The van der Waals surface area contributed by atoms with E-state index >= 15 is 0 Å². The molecule has 3 heterocycles. The van der Waals surface area contributed by atoms with E-state index in [1.54, 1.807) is 6.08 Å². The van der Waals surface area contributed by atoms with Gasteiger partial charge in [-0.05, 0) is 116 Å². The lowest BCUT2D eigenvalue weighted by atomic mass is 9.96. The Labute approximate surface area is 549 Å². The van der Waals surface area contributed by atoms with E-state index in [4.69, 9.17) is 28.4 Å². The minimum absolute atomic E-state index is 0.199. The fourth-order valence-electron chi connectivity index (χ4n) is 10.3. The molecule has 0 radical (unpaired) electrons. The number of carbonyl (C=O) groups is 1. The Hall–Kier alpha value is -4.33. The van der Waals surface area contributed by atoms with E-state index in [1.165, 1.54) is 25.7 Å². The van der Waals surface area contributed by atoms with Gasteiger partial charge in [-0.25, -0.2) is 0 Å². The summed E-state index contributed by atoms with van der Waals surface area (Å²) in [5, 5.41) is 120. The van der Waals surface area contributed by atoms with Crippen molar-refractivity contribution < 1.29 is 89.4 Å². The molecule has 0 spiro atoms. The van der Waals surface area contributed by atoms with Crippen LogP contribution in [0, 0.1) is 0 Å². The predicted molar refractivity (Wildman–Crippen MR) is 359 cm³/mol. The number of aliphatic hydroxyl groups is 11. The minimum atomic E-state index is -1.99. The zero-order valence-corrected chi connectivity index (χ0v) is 55.0. The van der Waals surface area contributed by atoms with Crippen LogP contribution in [0.4, 0.5) is 0 Å². The molecule has 3 saturated heterocycles. The summed E-state index contributed by atoms with van der Waals surface area (Å²) in [6, 6.07) is -1.02. The van der Waals surface area contributed by atoms with E-state index in [0.717, 1.165) is 116 Å². The van der Waals surface area contributed by atoms with E-state index in [1.807, 2.05) is 6.08 Å². The second-order valence-electron chi connectivity index (χ2n) is 23.5. The van der Waals surface area contributed by atoms with Gasteiger partial charge in [0.2, 0.25) is 5.91 Å². The number of hydrogen-bond donors (Lipinski definition) is 12. The summed E-state index contributed by atoms with van der Waals surface area (Å²) < 4.78 is 34.2. The molecule has 0 aromatic rings. The van der Waals surface area contributed by atoms with E-state index in [9.17, 15) is 61.0 Å². The van der Waals surface area contributed by atoms with Crippen LogP contribution in [-0.4, -0.2) is 193 Å². The van der Waals surface area contributed by atoms with Crippen LogP contribution < -0.4 is 5.32 Å². The Bertz CT molecular complexity index is 2240. The van der Waals surface area contributed by atoms with Gasteiger partial charge in [0.25, 0.3) is 0 Å². The zero-order chi connectivity index (χ0) is 66.8. The summed E-state index contributed by atoms with van der Waals surface area (Å²) in [7, 11) is 0. The fraction of sp³-hybridized carbons (Fsp3) is 0.658. The average molecular weight is 1300 g/mol. The number of unbranched alkanes of at least 4 members (excludes halogenated alkanes) is 11. The molecular formula is C73H117NO18. The van der Waals surface area contributed by atoms with Crippen molar-refractivity contribution in [3.05, 3.63) is 146 Å². The Morgan fingerprint density at radius 2 is 0.761 bits per heavy atom. The lowest BCUT2D eigenvalue weighted by molar-refractivity contribution is -0.379. The molecule has 0 aliphatic carbocycles. The highest BCUT2D eigenvalue weighted by Crippen LogP contribution is 2.33. The molecule has 12 N–H and O–H groups in total. The number of allylic oxidation sites excluding steroid dienone is 23. The van der Waals surface area contributed by atoms with Gasteiger partial charge in [0, 0.05) is 6.42 Å². The standard InChI is InChI=1S/C73H117NO18/c1-3-5-7-9-11-13-15-17-19-20-21-22-23-24-25-26-27-28-29-30-31-32-33-34-35-36-37-39-41-43-45-47-49-51-61(79)74-56(57(78)50-48-46-44-42-40-38-18-16-14-12-10-8-6-4-2)55-87-71-67(85)64(82)69(59(53-76)89-71)92-73-68(86)65(83)70(60(54-77)90-73)91-72-66(84)63(81)62(80)58(52-75)88-72/h5,7,11,13-14,16-17,19,21-22,24-25,27-28,30-31,33-34,36-37,40,42,48,50,56-60,62-73,75-78,80-86H,3-4,6,8-10,12,15,18,20,23,26,29,32,35,38-39,41,43-47,49,51-55H2,1-2H3,(H,74,79)/b7-5-,13-11-,16-14+,19-17-,22-21-,25-24-,28-27-,31-30-,34-33-,37-36-,42-40+,50-48+. The first-order chi connectivity index (χ1) is 44.8. The predicted octanol–water partition coefficient (Wildman–Crippen LogP) is 8.76. The van der Waals surface area contributed by atoms with Crippen molar-refractivity contribution in [3.8, 4) is 0 Å². The van der Waals surface area contributed by atoms with Gasteiger partial charge in [0.1, 0.15) is 73.2 Å². The molecule has 3 rings (SSSR count). The quantitative estimate of drug-likeness (QED) is 0.0200. The first kappa shape index (κ1) is 81.9. The molecule has 0 bridgehead atoms. The van der Waals surface area contributed by atoms with Crippen LogP contribution in [0.1, 0.15) is 174 Å². The van der Waals surface area contributed by atoms with Gasteiger partial charge >= 0.3 is 0 Å². The SMILES string of the molecule is CC/C=C\C/C=C\C/C=C\C/C=C\C/C=C\C/C=C\C/C=C\C/C=C\C/C=C\CCCCCCCC(=O)NC(COC1OC(CO)C(OC2OC(CO)C(OC3OC(CO)C(O)C(O)C3O)C(O)C2O)C(O)C1O)C(O)/C=C/CC/C=C/CC/C=C/CCCCCC. The van der Waals surface area contributed by atoms with Gasteiger partial charge in [-0.2, -0.15) is 0 Å². The van der Waals surface area contributed by atoms with Gasteiger partial charge in [0.15, 0.2) is 18.9 Å². The van der Waals surface area contributed by atoms with Gasteiger partial charge in [-0.3, -0.25) is 4.79 Å². The molecule has 19 nitrogen and oxygen atoms in total. The van der Waals surface area contributed by atoms with Crippen molar-refractivity contribution in [2.75, 3.05) is 26.4 Å². The lowest BCUT2D eigenvalue weighted by Crippen LogP contribution is -2.66. The maximum atomic E-state index is 13.4. The number of ether oxygens (including phenoxy) is 6. The number of carbonyl (C=O) groups excluding carboxylic acids is 1. The number of nitrogens with one attached hydrogen (secondary N) is 1. The molecule has 0 aromatic carbocycles. The maximum absolute atomic E-state index is 13.4. The molecule has 3 aliphatic rings. The fourth-order valence-corrected chi connectivity index (χ4v) is 10.3. The molecule has 19 heteroatoms. The molecule has 0 aromatic heterocycles. The average Bonchev–Trinajstić information content (AvgIpc) is 0.840. The topological polar surface area (TPSA) is 307 Å². The van der Waals surface area contributed by atoms with Crippen LogP contribution in [0.5, 0.6) is 0 Å². The van der Waals surface area contributed by atoms with E-state index < -0.39 is 131 Å². The second kappa shape index (κ2) is 52.9. The molecule has 1 amide bonds. The Morgan fingerprint density at radius 1 is 0.402 bits per heavy atom. The van der Waals surface area contributed by atoms with E-state index in [0.29, 0.717) is 12.8 Å². The minimum Gasteiger partial charge on any atom is -0.394 e. The monoisotopic (exact) mass is 1300 g/mol. The van der Waals surface area contributed by atoms with Crippen molar-refractivity contribution in [2.45, 2.75) is 279 Å². The van der Waals surface area contributed by atoms with Crippen molar-refractivity contribution in [2.24, 2.45) is 0 Å². The van der Waals surface area contributed by atoms with Crippen LogP contribution >= 0.6 is 0 Å². The van der Waals surface area contributed by atoms with Gasteiger partial charge < -0.3 is 89.9 Å². The summed E-state index contributed by atoms with van der Waals surface area (Å²) in [5.74, 6) is -0.317. The van der Waals surface area contributed by atoms with E-state index in [2.05, 4.69) is 153 Å². The summed E-state index contributed by atoms with van der Waals surface area (Å²) >= 11 is 0. The molecular weight excluding hydrogens is 1180 g/mol. The molecule has 0 saturated carbocycles. The Morgan fingerprint density at radius 3 is 1.22 bits per heavy atom. The molecule has 17 atom stereocenters. The Balaban J connectivity index is 1.42. The van der Waals surface area contributed by atoms with Crippen LogP contribution in [-0.2, 0) is 33.2 Å². The molecule has 3 fully saturated rings. The summed E-state index contributed by atoms with van der Waals surface area (Å²) in [5.41, 5.74) is 0. The number of aliphatic hydroxyl groups excluding tert-OH is 11.